The first kappa shape index (κ1) is 20.4. The maximum atomic E-state index is 5.31. The fourth-order valence-corrected chi connectivity index (χ4v) is 3.93. The van der Waals surface area contributed by atoms with E-state index >= 15 is 0 Å². The molecule has 1 saturated heterocycles. The number of benzene rings is 2. The molecule has 0 saturated carbocycles. The number of halogens is 1. The Kier molecular flexibility index (Phi) is 6.42. The number of fused-ring (bicyclic) bond motifs is 1. The van der Waals surface area contributed by atoms with Crippen LogP contribution in [0.5, 0.6) is 5.75 Å². The molecule has 0 N–H and O–H groups in total. The first-order chi connectivity index (χ1) is 13.2. The molecule has 1 aliphatic rings. The van der Waals surface area contributed by atoms with E-state index in [1.165, 1.54) is 16.3 Å². The molecule has 0 aliphatic carbocycles. The number of hydrogen-bond acceptors (Lipinski definition) is 4. The number of anilines is 1. The summed E-state index contributed by atoms with van der Waals surface area (Å²) in [6.45, 7) is 9.76. The van der Waals surface area contributed by atoms with Gasteiger partial charge < -0.3 is 14.5 Å². The lowest BCUT2D eigenvalue weighted by Crippen LogP contribution is -2.46. The van der Waals surface area contributed by atoms with Crippen molar-refractivity contribution in [2.75, 3.05) is 44.7 Å². The fraction of sp³-hybridized carbons (Fsp3) is 0.348. The van der Waals surface area contributed by atoms with Crippen molar-refractivity contribution >= 4 is 29.0 Å². The van der Waals surface area contributed by atoms with Crippen molar-refractivity contribution < 1.29 is 4.74 Å². The normalized spacial score (nSPS) is 14.8. The van der Waals surface area contributed by atoms with Crippen LogP contribution in [-0.2, 0) is 0 Å². The van der Waals surface area contributed by atoms with E-state index in [1.807, 2.05) is 12.1 Å². The Morgan fingerprint density at radius 2 is 1.57 bits per heavy atom. The van der Waals surface area contributed by atoms with Crippen LogP contribution in [0.15, 0.2) is 48.5 Å². The van der Waals surface area contributed by atoms with Crippen molar-refractivity contribution in [3.63, 3.8) is 0 Å². The number of aromatic nitrogens is 1. The number of piperazine rings is 1. The molecule has 0 unspecified atom stereocenters. The van der Waals surface area contributed by atoms with Crippen LogP contribution in [0.4, 0.5) is 5.82 Å². The van der Waals surface area contributed by atoms with Gasteiger partial charge in [0, 0.05) is 37.1 Å². The Morgan fingerprint density at radius 3 is 2.18 bits per heavy atom. The lowest BCUT2D eigenvalue weighted by Gasteiger charge is -2.35. The van der Waals surface area contributed by atoms with E-state index in [2.05, 4.69) is 60.0 Å². The zero-order chi connectivity index (χ0) is 18.8. The Bertz CT molecular complexity index is 934. The minimum absolute atomic E-state index is 0. The van der Waals surface area contributed by atoms with Crippen molar-refractivity contribution in [2.45, 2.75) is 13.8 Å². The van der Waals surface area contributed by atoms with Crippen molar-refractivity contribution in [1.82, 2.24) is 9.88 Å². The van der Waals surface area contributed by atoms with Gasteiger partial charge in [-0.3, -0.25) is 0 Å². The number of methoxy groups -OCH3 is 1. The second kappa shape index (κ2) is 8.80. The van der Waals surface area contributed by atoms with Gasteiger partial charge in [-0.2, -0.15) is 0 Å². The lowest BCUT2D eigenvalue weighted by atomic mass is 10.00. The Labute approximate surface area is 173 Å². The third kappa shape index (κ3) is 3.80. The van der Waals surface area contributed by atoms with E-state index in [9.17, 15) is 0 Å². The van der Waals surface area contributed by atoms with E-state index < -0.39 is 0 Å². The summed E-state index contributed by atoms with van der Waals surface area (Å²) in [6.07, 6.45) is 0. The highest BCUT2D eigenvalue weighted by atomic mass is 35.5. The third-order valence-corrected chi connectivity index (χ3v) is 5.63. The van der Waals surface area contributed by atoms with Gasteiger partial charge >= 0.3 is 0 Å². The largest absolute Gasteiger partial charge is 0.497 e. The van der Waals surface area contributed by atoms with Gasteiger partial charge in [0.1, 0.15) is 11.6 Å². The van der Waals surface area contributed by atoms with Crippen molar-refractivity contribution in [3.8, 4) is 17.0 Å². The minimum Gasteiger partial charge on any atom is -0.497 e. The van der Waals surface area contributed by atoms with Crippen LogP contribution >= 0.6 is 12.4 Å². The first-order valence-electron chi connectivity index (χ1n) is 9.72. The fourth-order valence-electron chi connectivity index (χ4n) is 3.93. The molecule has 3 aromatic rings. The summed E-state index contributed by atoms with van der Waals surface area (Å²) < 4.78 is 5.31. The van der Waals surface area contributed by atoms with Crippen molar-refractivity contribution in [3.05, 3.63) is 54.1 Å². The zero-order valence-corrected chi connectivity index (χ0v) is 17.6. The SMILES string of the molecule is CCN1CCN(c2nc(-c3ccc(OC)cc3)c(C)c3ccccc23)CC1.Cl. The third-order valence-electron chi connectivity index (χ3n) is 5.63. The van der Waals surface area contributed by atoms with Gasteiger partial charge in [0.25, 0.3) is 0 Å². The molecule has 0 bridgehead atoms. The summed E-state index contributed by atoms with van der Waals surface area (Å²) in [6, 6.07) is 16.9. The zero-order valence-electron chi connectivity index (χ0n) is 16.8. The Hall–Kier alpha value is -2.30. The molecule has 0 radical (unpaired) electrons. The van der Waals surface area contributed by atoms with E-state index in [1.54, 1.807) is 7.11 Å². The summed E-state index contributed by atoms with van der Waals surface area (Å²) in [4.78, 5) is 10.1. The van der Waals surface area contributed by atoms with Gasteiger partial charge in [-0.25, -0.2) is 4.98 Å². The molecule has 2 aromatic carbocycles. The van der Waals surface area contributed by atoms with E-state index in [-0.39, 0.29) is 12.4 Å². The summed E-state index contributed by atoms with van der Waals surface area (Å²) in [7, 11) is 1.70. The summed E-state index contributed by atoms with van der Waals surface area (Å²) >= 11 is 0. The van der Waals surface area contributed by atoms with Crippen LogP contribution < -0.4 is 9.64 Å². The van der Waals surface area contributed by atoms with Crippen molar-refractivity contribution in [2.24, 2.45) is 0 Å². The molecule has 1 aromatic heterocycles. The second-order valence-corrected chi connectivity index (χ2v) is 7.10. The highest BCUT2D eigenvalue weighted by molar-refractivity contribution is 5.98. The molecule has 1 fully saturated rings. The quantitative estimate of drug-likeness (QED) is 0.633. The average Bonchev–Trinajstić information content (AvgIpc) is 2.74. The molecule has 4 nitrogen and oxygen atoms in total. The van der Waals surface area contributed by atoms with Gasteiger partial charge in [0.2, 0.25) is 0 Å². The van der Waals surface area contributed by atoms with Gasteiger partial charge in [-0.15, -0.1) is 12.4 Å². The molecule has 4 rings (SSSR count). The van der Waals surface area contributed by atoms with Crippen LogP contribution in [0, 0.1) is 6.92 Å². The summed E-state index contributed by atoms with van der Waals surface area (Å²) in [5.74, 6) is 1.98. The van der Waals surface area contributed by atoms with E-state index in [4.69, 9.17) is 9.72 Å². The highest BCUT2D eigenvalue weighted by Crippen LogP contribution is 2.34. The van der Waals surface area contributed by atoms with Crippen LogP contribution in [0.3, 0.4) is 0 Å². The van der Waals surface area contributed by atoms with Gasteiger partial charge in [0.15, 0.2) is 0 Å². The molecular weight excluding hydrogens is 370 g/mol. The molecule has 28 heavy (non-hydrogen) atoms. The van der Waals surface area contributed by atoms with E-state index in [0.717, 1.165) is 55.5 Å². The van der Waals surface area contributed by atoms with Crippen LogP contribution in [0.1, 0.15) is 12.5 Å². The van der Waals surface area contributed by atoms with Gasteiger partial charge in [-0.1, -0.05) is 31.2 Å². The van der Waals surface area contributed by atoms with Crippen LogP contribution in [0.2, 0.25) is 0 Å². The topological polar surface area (TPSA) is 28.6 Å². The molecule has 0 atom stereocenters. The Balaban J connectivity index is 0.00000225. The predicted octanol–water partition coefficient (Wildman–Crippen LogP) is 4.78. The molecule has 0 amide bonds. The highest BCUT2D eigenvalue weighted by Gasteiger charge is 2.21. The van der Waals surface area contributed by atoms with Gasteiger partial charge in [-0.05, 0) is 48.7 Å². The van der Waals surface area contributed by atoms with Crippen LogP contribution in [-0.4, -0.2) is 49.7 Å². The van der Waals surface area contributed by atoms with E-state index in [0.29, 0.717) is 0 Å². The summed E-state index contributed by atoms with van der Waals surface area (Å²) in [5.41, 5.74) is 3.42. The number of pyridine rings is 1. The van der Waals surface area contributed by atoms with Gasteiger partial charge in [0.05, 0.1) is 12.8 Å². The predicted molar refractivity (Wildman–Crippen MR) is 120 cm³/mol. The minimum atomic E-state index is 0. The molecule has 0 spiro atoms. The standard InChI is InChI=1S/C23H27N3O.ClH/c1-4-25-13-15-26(16-14-25)23-21-8-6-5-7-20(21)17(2)22(24-23)18-9-11-19(27-3)12-10-18;/h5-12H,4,13-16H2,1-3H3;1H. The number of likely N-dealkylation sites (N-methyl/N-ethyl adjacent to an activating group) is 1. The number of hydrogen-bond donors (Lipinski definition) is 0. The number of nitrogens with zero attached hydrogens (tertiary/aromatic N) is 3. The Morgan fingerprint density at radius 1 is 0.929 bits per heavy atom. The lowest BCUT2D eigenvalue weighted by molar-refractivity contribution is 0.271. The molecule has 1 aliphatic heterocycles. The molecule has 148 valence electrons. The second-order valence-electron chi connectivity index (χ2n) is 7.10. The maximum absolute atomic E-state index is 5.31. The maximum Gasteiger partial charge on any atom is 0.137 e. The summed E-state index contributed by atoms with van der Waals surface area (Å²) in [5, 5.41) is 2.53. The molecular formula is C23H28ClN3O. The smallest absolute Gasteiger partial charge is 0.137 e. The monoisotopic (exact) mass is 397 g/mol. The number of aryl methyl sites for hydroxylation is 1. The van der Waals surface area contributed by atoms with Crippen LogP contribution in [0.25, 0.3) is 22.0 Å². The number of rotatable bonds is 4. The number of ether oxygens (including phenoxy) is 1. The average molecular weight is 398 g/mol. The molecule has 5 heteroatoms. The first-order valence-corrected chi connectivity index (χ1v) is 9.72. The van der Waals surface area contributed by atoms with Crippen molar-refractivity contribution in [1.29, 1.82) is 0 Å². The molecule has 2 heterocycles.